The number of hydrogen-bond acceptors (Lipinski definition) is 5. The van der Waals surface area contributed by atoms with Crippen LogP contribution in [0.5, 0.6) is 0 Å². The number of benzene rings is 1. The lowest BCUT2D eigenvalue weighted by Gasteiger charge is -2.12. The van der Waals surface area contributed by atoms with Gasteiger partial charge in [0.05, 0.1) is 4.92 Å². The molecule has 1 N–H and O–H groups in total. The van der Waals surface area contributed by atoms with Gasteiger partial charge in [0.15, 0.2) is 0 Å². The lowest BCUT2D eigenvalue weighted by Crippen LogP contribution is -2.13. The molecular formula is C15H20FN5O2. The Morgan fingerprint density at radius 1 is 1.43 bits per heavy atom. The Kier molecular flexibility index (Phi) is 4.95. The molecule has 1 heterocycles. The van der Waals surface area contributed by atoms with Gasteiger partial charge in [-0.2, -0.15) is 5.10 Å². The van der Waals surface area contributed by atoms with Gasteiger partial charge >= 0.3 is 5.69 Å². The minimum absolute atomic E-state index is 0.0388. The highest BCUT2D eigenvalue weighted by Crippen LogP contribution is 2.27. The van der Waals surface area contributed by atoms with E-state index >= 15 is 0 Å². The number of nitrogens with one attached hydrogen (secondary N) is 1. The Morgan fingerprint density at radius 3 is 2.74 bits per heavy atom. The van der Waals surface area contributed by atoms with Crippen LogP contribution in [0.2, 0.25) is 0 Å². The van der Waals surface area contributed by atoms with Crippen LogP contribution in [-0.4, -0.2) is 33.7 Å². The highest BCUT2D eigenvalue weighted by atomic mass is 19.1. The van der Waals surface area contributed by atoms with E-state index in [1.54, 1.807) is 26.1 Å². The summed E-state index contributed by atoms with van der Waals surface area (Å²) in [5.74, 6) is 0.0794. The molecule has 23 heavy (non-hydrogen) atoms. The predicted molar refractivity (Wildman–Crippen MR) is 85.7 cm³/mol. The van der Waals surface area contributed by atoms with Crippen molar-refractivity contribution >= 4 is 11.5 Å². The topological polar surface area (TPSA) is 76.2 Å². The van der Waals surface area contributed by atoms with Crippen molar-refractivity contribution in [2.75, 3.05) is 19.4 Å². The molecule has 1 aromatic carbocycles. The first-order valence-corrected chi connectivity index (χ1v) is 7.13. The molecule has 0 bridgehead atoms. The molecule has 0 aliphatic heterocycles. The van der Waals surface area contributed by atoms with Crippen LogP contribution in [0.4, 0.5) is 15.9 Å². The van der Waals surface area contributed by atoms with Crippen LogP contribution in [0.25, 0.3) is 0 Å². The van der Waals surface area contributed by atoms with E-state index in [2.05, 4.69) is 10.4 Å². The van der Waals surface area contributed by atoms with E-state index in [1.807, 2.05) is 19.0 Å². The van der Waals surface area contributed by atoms with E-state index in [0.29, 0.717) is 30.2 Å². The molecule has 2 rings (SSSR count). The van der Waals surface area contributed by atoms with Gasteiger partial charge in [-0.05, 0) is 38.7 Å². The summed E-state index contributed by atoms with van der Waals surface area (Å²) in [6.07, 6.45) is 0. The van der Waals surface area contributed by atoms with Gasteiger partial charge in [0.25, 0.3) is 0 Å². The molecule has 0 spiro atoms. The van der Waals surface area contributed by atoms with Crippen LogP contribution in [-0.2, 0) is 20.1 Å². The van der Waals surface area contributed by atoms with Crippen LogP contribution in [0, 0.1) is 22.9 Å². The number of aryl methyl sites for hydroxylation is 2. The third-order valence-corrected chi connectivity index (χ3v) is 3.43. The predicted octanol–water partition coefficient (Wildman–Crippen LogP) is 2.45. The molecule has 1 aromatic heterocycles. The maximum atomic E-state index is 13.8. The van der Waals surface area contributed by atoms with Crippen molar-refractivity contribution in [3.63, 3.8) is 0 Å². The standard InChI is InChI=1S/C15H20FN5O2/c1-10-14(21(22)23)15(20(4)18-10)17-8-11-5-6-13(16)12(7-11)9-19(2)3/h5-7,17H,8-9H2,1-4H3. The number of anilines is 1. The summed E-state index contributed by atoms with van der Waals surface area (Å²) in [5.41, 5.74) is 1.75. The van der Waals surface area contributed by atoms with E-state index in [9.17, 15) is 14.5 Å². The fraction of sp³-hybridized carbons (Fsp3) is 0.400. The van der Waals surface area contributed by atoms with Crippen molar-refractivity contribution in [2.45, 2.75) is 20.0 Å². The Bertz CT molecular complexity index is 727. The van der Waals surface area contributed by atoms with Crippen LogP contribution >= 0.6 is 0 Å². The molecule has 0 fully saturated rings. The number of nitro groups is 1. The summed E-state index contributed by atoms with van der Waals surface area (Å²) in [6, 6.07) is 4.84. The van der Waals surface area contributed by atoms with Crippen LogP contribution in [0.1, 0.15) is 16.8 Å². The van der Waals surface area contributed by atoms with Gasteiger partial charge in [-0.1, -0.05) is 6.07 Å². The van der Waals surface area contributed by atoms with E-state index in [0.717, 1.165) is 5.56 Å². The van der Waals surface area contributed by atoms with Gasteiger partial charge in [0.2, 0.25) is 5.82 Å². The molecule has 0 atom stereocenters. The number of hydrogen-bond donors (Lipinski definition) is 1. The van der Waals surface area contributed by atoms with Crippen LogP contribution in [0.3, 0.4) is 0 Å². The van der Waals surface area contributed by atoms with Crippen LogP contribution in [0.15, 0.2) is 18.2 Å². The Hall–Kier alpha value is -2.48. The molecular weight excluding hydrogens is 301 g/mol. The second kappa shape index (κ2) is 6.74. The molecule has 0 saturated heterocycles. The SMILES string of the molecule is Cc1nn(C)c(NCc2ccc(F)c(CN(C)C)c2)c1[N+](=O)[O-]. The quantitative estimate of drug-likeness (QED) is 0.653. The fourth-order valence-electron chi connectivity index (χ4n) is 2.45. The van der Waals surface area contributed by atoms with Gasteiger partial charge in [-0.15, -0.1) is 0 Å². The minimum Gasteiger partial charge on any atom is -0.360 e. The van der Waals surface area contributed by atoms with Crippen molar-refractivity contribution < 1.29 is 9.31 Å². The average molecular weight is 321 g/mol. The van der Waals surface area contributed by atoms with Gasteiger partial charge in [-0.3, -0.25) is 10.1 Å². The normalized spacial score (nSPS) is 11.0. The first-order valence-electron chi connectivity index (χ1n) is 7.13. The zero-order valence-corrected chi connectivity index (χ0v) is 13.6. The number of nitrogens with zero attached hydrogens (tertiary/aromatic N) is 4. The molecule has 0 saturated carbocycles. The molecule has 0 radical (unpaired) electrons. The summed E-state index contributed by atoms with van der Waals surface area (Å²) >= 11 is 0. The molecule has 0 unspecified atom stereocenters. The smallest absolute Gasteiger partial charge is 0.333 e. The largest absolute Gasteiger partial charge is 0.360 e. The molecule has 124 valence electrons. The second-order valence-electron chi connectivity index (χ2n) is 5.68. The van der Waals surface area contributed by atoms with Crippen molar-refractivity contribution in [2.24, 2.45) is 7.05 Å². The summed E-state index contributed by atoms with van der Waals surface area (Å²) in [7, 11) is 5.38. The molecule has 8 heteroatoms. The van der Waals surface area contributed by atoms with Crippen LogP contribution < -0.4 is 5.32 Å². The monoisotopic (exact) mass is 321 g/mol. The average Bonchev–Trinajstić information content (AvgIpc) is 2.73. The Morgan fingerprint density at radius 2 is 2.13 bits per heavy atom. The third kappa shape index (κ3) is 3.84. The zero-order valence-electron chi connectivity index (χ0n) is 13.6. The van der Waals surface area contributed by atoms with Gasteiger partial charge in [0.1, 0.15) is 11.5 Å². The summed E-state index contributed by atoms with van der Waals surface area (Å²) in [6.45, 7) is 2.43. The molecule has 2 aromatic rings. The molecule has 0 amide bonds. The first-order chi connectivity index (χ1) is 10.8. The minimum atomic E-state index is -0.452. The summed E-state index contributed by atoms with van der Waals surface area (Å²) in [5, 5.41) is 18.2. The van der Waals surface area contributed by atoms with Gasteiger partial charge < -0.3 is 10.2 Å². The van der Waals surface area contributed by atoms with E-state index in [1.165, 1.54) is 10.7 Å². The maximum absolute atomic E-state index is 13.8. The highest BCUT2D eigenvalue weighted by molar-refractivity contribution is 5.59. The van der Waals surface area contributed by atoms with E-state index in [-0.39, 0.29) is 11.5 Å². The van der Waals surface area contributed by atoms with Gasteiger partial charge in [-0.25, -0.2) is 9.07 Å². The molecule has 0 aliphatic rings. The molecule has 0 aliphatic carbocycles. The lowest BCUT2D eigenvalue weighted by atomic mass is 10.1. The second-order valence-corrected chi connectivity index (χ2v) is 5.68. The zero-order chi connectivity index (χ0) is 17.1. The summed E-state index contributed by atoms with van der Waals surface area (Å²) < 4.78 is 15.2. The maximum Gasteiger partial charge on any atom is 0.333 e. The summed E-state index contributed by atoms with van der Waals surface area (Å²) in [4.78, 5) is 12.6. The molecule has 7 nitrogen and oxygen atoms in total. The lowest BCUT2D eigenvalue weighted by molar-refractivity contribution is -0.384. The van der Waals surface area contributed by atoms with E-state index < -0.39 is 4.92 Å². The number of halogens is 1. The van der Waals surface area contributed by atoms with Gasteiger partial charge in [0, 0.05) is 25.7 Å². The third-order valence-electron chi connectivity index (χ3n) is 3.43. The van der Waals surface area contributed by atoms with Crippen molar-refractivity contribution in [3.8, 4) is 0 Å². The first kappa shape index (κ1) is 16.9. The van der Waals surface area contributed by atoms with Crippen molar-refractivity contribution in [3.05, 3.63) is 51.0 Å². The number of rotatable bonds is 6. The Balaban J connectivity index is 2.20. The fourth-order valence-corrected chi connectivity index (χ4v) is 2.45. The highest BCUT2D eigenvalue weighted by Gasteiger charge is 2.23. The number of aromatic nitrogens is 2. The Labute approximate surface area is 133 Å². The van der Waals surface area contributed by atoms with Crippen molar-refractivity contribution in [1.82, 2.24) is 14.7 Å². The van der Waals surface area contributed by atoms with Crippen molar-refractivity contribution in [1.29, 1.82) is 0 Å². The van der Waals surface area contributed by atoms with E-state index in [4.69, 9.17) is 0 Å².